The van der Waals surface area contributed by atoms with Crippen LogP contribution in [0.25, 0.3) is 0 Å². The molecule has 0 unspecified atom stereocenters. The third-order valence-corrected chi connectivity index (χ3v) is 3.30. The molecule has 1 N–H and O–H groups in total. The van der Waals surface area contributed by atoms with Gasteiger partial charge in [-0.1, -0.05) is 0 Å². The first-order valence-corrected chi connectivity index (χ1v) is 5.71. The van der Waals surface area contributed by atoms with Crippen molar-refractivity contribution in [3.63, 3.8) is 0 Å². The Bertz CT molecular complexity index is 310. The fraction of sp³-hybridized carbons (Fsp3) is 0.500. The zero-order valence-corrected chi connectivity index (χ0v) is 8.67. The van der Waals surface area contributed by atoms with Crippen molar-refractivity contribution in [1.82, 2.24) is 4.90 Å². The average molecular weight is 211 g/mol. The number of rotatable bonds is 2. The highest BCUT2D eigenvalue weighted by molar-refractivity contribution is 7.08. The van der Waals surface area contributed by atoms with Gasteiger partial charge in [0.05, 0.1) is 18.2 Å². The van der Waals surface area contributed by atoms with Gasteiger partial charge < -0.3 is 10.0 Å². The largest absolute Gasteiger partial charge is 0.394 e. The number of thiophene rings is 1. The minimum absolute atomic E-state index is 0.0300. The molecule has 0 spiro atoms. The summed E-state index contributed by atoms with van der Waals surface area (Å²) in [6.45, 7) is 0.857. The van der Waals surface area contributed by atoms with Gasteiger partial charge in [-0.3, -0.25) is 4.79 Å². The van der Waals surface area contributed by atoms with Crippen molar-refractivity contribution in [2.75, 3.05) is 13.2 Å². The number of likely N-dealkylation sites (tertiary alicyclic amines) is 1. The molecule has 1 aliphatic rings. The quantitative estimate of drug-likeness (QED) is 0.802. The smallest absolute Gasteiger partial charge is 0.255 e. The molecule has 4 heteroatoms. The molecular formula is C10H13NO2S. The maximum absolute atomic E-state index is 11.9. The lowest BCUT2D eigenvalue weighted by Gasteiger charge is -2.22. The average Bonchev–Trinajstić information content (AvgIpc) is 2.87. The van der Waals surface area contributed by atoms with Crippen LogP contribution in [0, 0.1) is 0 Å². The number of aliphatic hydroxyl groups is 1. The van der Waals surface area contributed by atoms with E-state index < -0.39 is 0 Å². The Morgan fingerprint density at radius 2 is 2.57 bits per heavy atom. The van der Waals surface area contributed by atoms with Gasteiger partial charge in [0.1, 0.15) is 0 Å². The van der Waals surface area contributed by atoms with Crippen LogP contribution in [0.3, 0.4) is 0 Å². The van der Waals surface area contributed by atoms with Crippen LogP contribution in [0.5, 0.6) is 0 Å². The molecular weight excluding hydrogens is 198 g/mol. The highest BCUT2D eigenvalue weighted by Gasteiger charge is 2.28. The van der Waals surface area contributed by atoms with Crippen LogP contribution in [0.2, 0.25) is 0 Å². The molecule has 1 aromatic rings. The molecule has 1 aliphatic heterocycles. The summed E-state index contributed by atoms with van der Waals surface area (Å²) < 4.78 is 0. The third kappa shape index (κ3) is 1.67. The predicted molar refractivity (Wildman–Crippen MR) is 55.5 cm³/mol. The lowest BCUT2D eigenvalue weighted by Crippen LogP contribution is -2.37. The van der Waals surface area contributed by atoms with Gasteiger partial charge in [-0.2, -0.15) is 11.3 Å². The van der Waals surface area contributed by atoms with Crippen molar-refractivity contribution in [2.24, 2.45) is 0 Å². The molecule has 2 rings (SSSR count). The van der Waals surface area contributed by atoms with Crippen molar-refractivity contribution < 1.29 is 9.90 Å². The maximum Gasteiger partial charge on any atom is 0.255 e. The minimum Gasteiger partial charge on any atom is -0.394 e. The minimum atomic E-state index is 0.0300. The fourth-order valence-corrected chi connectivity index (χ4v) is 2.47. The summed E-state index contributed by atoms with van der Waals surface area (Å²) in [5.41, 5.74) is 0.746. The summed E-state index contributed by atoms with van der Waals surface area (Å²) in [5.74, 6) is 0.0581. The Morgan fingerprint density at radius 3 is 3.21 bits per heavy atom. The molecule has 2 heterocycles. The van der Waals surface area contributed by atoms with E-state index in [-0.39, 0.29) is 18.6 Å². The van der Waals surface area contributed by atoms with Gasteiger partial charge in [-0.25, -0.2) is 0 Å². The molecule has 3 nitrogen and oxygen atoms in total. The van der Waals surface area contributed by atoms with Gasteiger partial charge in [-0.05, 0) is 24.3 Å². The first-order valence-electron chi connectivity index (χ1n) is 4.77. The monoisotopic (exact) mass is 211 g/mol. The second-order valence-electron chi connectivity index (χ2n) is 3.49. The van der Waals surface area contributed by atoms with Crippen molar-refractivity contribution in [2.45, 2.75) is 18.9 Å². The summed E-state index contributed by atoms with van der Waals surface area (Å²) in [5, 5.41) is 12.8. The molecule has 0 bridgehead atoms. The standard InChI is InChI=1S/C10H13NO2S/c12-6-9-2-1-4-11(9)10(13)8-3-5-14-7-8/h3,5,7,9,12H,1-2,4,6H2/t9-/m1/s1. The number of hydrogen-bond acceptors (Lipinski definition) is 3. The van der Waals surface area contributed by atoms with Crippen LogP contribution < -0.4 is 0 Å². The predicted octanol–water partition coefficient (Wildman–Crippen LogP) is 1.34. The molecule has 0 aliphatic carbocycles. The first-order chi connectivity index (χ1) is 6.83. The van der Waals surface area contributed by atoms with Gasteiger partial charge >= 0.3 is 0 Å². The van der Waals surface area contributed by atoms with Gasteiger partial charge in [0.2, 0.25) is 0 Å². The first kappa shape index (κ1) is 9.68. The van der Waals surface area contributed by atoms with Crippen LogP contribution in [-0.4, -0.2) is 35.1 Å². The molecule has 0 radical (unpaired) electrons. The van der Waals surface area contributed by atoms with Gasteiger partial charge in [0, 0.05) is 11.9 Å². The van der Waals surface area contributed by atoms with Crippen molar-refractivity contribution in [1.29, 1.82) is 0 Å². The normalized spacial score (nSPS) is 21.5. The van der Waals surface area contributed by atoms with Crippen LogP contribution in [0.4, 0.5) is 0 Å². The molecule has 0 aromatic carbocycles. The van der Waals surface area contributed by atoms with E-state index in [1.807, 2.05) is 16.8 Å². The molecule has 76 valence electrons. The second-order valence-corrected chi connectivity index (χ2v) is 4.27. The molecule has 14 heavy (non-hydrogen) atoms. The topological polar surface area (TPSA) is 40.5 Å². The Morgan fingerprint density at radius 1 is 1.71 bits per heavy atom. The second kappa shape index (κ2) is 4.11. The van der Waals surface area contributed by atoms with Gasteiger partial charge in [0.15, 0.2) is 0 Å². The summed E-state index contributed by atoms with van der Waals surface area (Å²) in [6, 6.07) is 1.86. The fourth-order valence-electron chi connectivity index (χ4n) is 1.84. The Labute approximate surface area is 87.0 Å². The lowest BCUT2D eigenvalue weighted by atomic mass is 10.2. The van der Waals surface area contributed by atoms with Gasteiger partial charge in [-0.15, -0.1) is 0 Å². The van der Waals surface area contributed by atoms with E-state index in [9.17, 15) is 4.79 Å². The molecule has 1 atom stereocenters. The molecule has 1 saturated heterocycles. The Balaban J connectivity index is 2.11. The van der Waals surface area contributed by atoms with Crippen molar-refractivity contribution >= 4 is 17.2 Å². The number of carbonyl (C=O) groups excluding carboxylic acids is 1. The third-order valence-electron chi connectivity index (χ3n) is 2.62. The zero-order chi connectivity index (χ0) is 9.97. The summed E-state index contributed by atoms with van der Waals surface area (Å²) >= 11 is 1.53. The van der Waals surface area contributed by atoms with E-state index >= 15 is 0 Å². The number of amides is 1. The van der Waals surface area contributed by atoms with E-state index in [0.29, 0.717) is 0 Å². The van der Waals surface area contributed by atoms with Crippen molar-refractivity contribution in [3.8, 4) is 0 Å². The summed E-state index contributed by atoms with van der Waals surface area (Å²) in [4.78, 5) is 13.7. The Hall–Kier alpha value is -0.870. The highest BCUT2D eigenvalue weighted by Crippen LogP contribution is 2.20. The van der Waals surface area contributed by atoms with Gasteiger partial charge in [0.25, 0.3) is 5.91 Å². The van der Waals surface area contributed by atoms with E-state index in [2.05, 4.69) is 0 Å². The maximum atomic E-state index is 11.9. The Kier molecular flexibility index (Phi) is 2.84. The molecule has 1 fully saturated rings. The van der Waals surface area contributed by atoms with E-state index in [0.717, 1.165) is 24.9 Å². The number of carbonyl (C=O) groups is 1. The summed E-state index contributed by atoms with van der Waals surface area (Å²) in [6.07, 6.45) is 1.92. The number of hydrogen-bond donors (Lipinski definition) is 1. The number of nitrogens with zero attached hydrogens (tertiary/aromatic N) is 1. The highest BCUT2D eigenvalue weighted by atomic mass is 32.1. The molecule has 0 saturated carbocycles. The van der Waals surface area contributed by atoms with Crippen LogP contribution >= 0.6 is 11.3 Å². The van der Waals surface area contributed by atoms with Crippen LogP contribution in [0.1, 0.15) is 23.2 Å². The zero-order valence-electron chi connectivity index (χ0n) is 7.85. The van der Waals surface area contributed by atoms with E-state index in [4.69, 9.17) is 5.11 Å². The lowest BCUT2D eigenvalue weighted by molar-refractivity contribution is 0.0678. The van der Waals surface area contributed by atoms with E-state index in [1.54, 1.807) is 4.90 Å². The molecule has 1 aromatic heterocycles. The molecule has 1 amide bonds. The van der Waals surface area contributed by atoms with Crippen LogP contribution in [0.15, 0.2) is 16.8 Å². The summed E-state index contributed by atoms with van der Waals surface area (Å²) in [7, 11) is 0. The SMILES string of the molecule is O=C(c1ccsc1)N1CCC[C@@H]1CO. The van der Waals surface area contributed by atoms with Crippen molar-refractivity contribution in [3.05, 3.63) is 22.4 Å². The van der Waals surface area contributed by atoms with E-state index in [1.165, 1.54) is 11.3 Å². The number of aliphatic hydroxyl groups excluding tert-OH is 1. The van der Waals surface area contributed by atoms with Crippen LogP contribution in [-0.2, 0) is 0 Å².